The van der Waals surface area contributed by atoms with Crippen molar-refractivity contribution in [3.8, 4) is 17.1 Å². The monoisotopic (exact) mass is 203 g/mol. The number of rotatable bonds is 2. The van der Waals surface area contributed by atoms with E-state index >= 15 is 0 Å². The van der Waals surface area contributed by atoms with E-state index in [1.165, 1.54) is 5.56 Å². The van der Waals surface area contributed by atoms with Crippen LogP contribution in [0.1, 0.15) is 11.3 Å². The molecule has 3 nitrogen and oxygen atoms in total. The first-order chi connectivity index (χ1) is 7.22. The van der Waals surface area contributed by atoms with Gasteiger partial charge in [0.15, 0.2) is 0 Å². The molecule has 3 heteroatoms. The molecule has 0 aliphatic carbocycles. The maximum absolute atomic E-state index is 5.12. The number of aryl methyl sites for hydroxylation is 2. The molecule has 0 unspecified atom stereocenters. The molecule has 1 aromatic carbocycles. The first-order valence-corrected chi connectivity index (χ1v) is 4.79. The highest BCUT2D eigenvalue weighted by Gasteiger charge is 2.14. The molecule has 1 heterocycles. The lowest BCUT2D eigenvalue weighted by Crippen LogP contribution is -1.85. The fourth-order valence-corrected chi connectivity index (χ4v) is 1.54. The van der Waals surface area contributed by atoms with Crippen LogP contribution in [-0.4, -0.2) is 12.3 Å². The molecule has 15 heavy (non-hydrogen) atoms. The van der Waals surface area contributed by atoms with Gasteiger partial charge in [0.1, 0.15) is 0 Å². The Kier molecular flexibility index (Phi) is 2.46. The van der Waals surface area contributed by atoms with Gasteiger partial charge in [-0.2, -0.15) is 0 Å². The summed E-state index contributed by atoms with van der Waals surface area (Å²) in [6.07, 6.45) is 0. The molecule has 2 aromatic rings. The number of aromatic nitrogens is 1. The van der Waals surface area contributed by atoms with Crippen molar-refractivity contribution >= 4 is 0 Å². The normalized spacial score (nSPS) is 10.3. The molecule has 0 fully saturated rings. The summed E-state index contributed by atoms with van der Waals surface area (Å²) in [5.74, 6) is 0.469. The highest BCUT2D eigenvalue weighted by molar-refractivity contribution is 5.70. The fraction of sp³-hybridized carbons (Fsp3) is 0.250. The Morgan fingerprint density at radius 1 is 1.13 bits per heavy atom. The molecule has 0 N–H and O–H groups in total. The van der Waals surface area contributed by atoms with E-state index in [9.17, 15) is 0 Å². The Balaban J connectivity index is 2.52. The van der Waals surface area contributed by atoms with Crippen LogP contribution in [0, 0.1) is 13.8 Å². The summed E-state index contributed by atoms with van der Waals surface area (Å²) < 4.78 is 10.2. The van der Waals surface area contributed by atoms with Gasteiger partial charge in [0.25, 0.3) is 0 Å². The van der Waals surface area contributed by atoms with E-state index in [1.54, 1.807) is 7.11 Å². The van der Waals surface area contributed by atoms with Crippen molar-refractivity contribution < 1.29 is 9.26 Å². The van der Waals surface area contributed by atoms with Crippen LogP contribution in [0.15, 0.2) is 28.8 Å². The third-order valence-electron chi connectivity index (χ3n) is 2.36. The highest BCUT2D eigenvalue weighted by atomic mass is 16.6. The number of methoxy groups -OCH3 is 1. The first kappa shape index (κ1) is 9.77. The van der Waals surface area contributed by atoms with Crippen molar-refractivity contribution in [2.75, 3.05) is 7.11 Å². The zero-order valence-electron chi connectivity index (χ0n) is 9.07. The SMILES string of the molecule is COc1onc(C)c1-c1ccc(C)cc1. The summed E-state index contributed by atoms with van der Waals surface area (Å²) in [6.45, 7) is 3.96. The van der Waals surface area contributed by atoms with E-state index in [0.717, 1.165) is 16.8 Å². The van der Waals surface area contributed by atoms with E-state index in [0.29, 0.717) is 5.95 Å². The lowest BCUT2D eigenvalue weighted by Gasteiger charge is -2.01. The van der Waals surface area contributed by atoms with Gasteiger partial charge in [0.05, 0.1) is 18.4 Å². The summed E-state index contributed by atoms with van der Waals surface area (Å²) >= 11 is 0. The van der Waals surface area contributed by atoms with Gasteiger partial charge >= 0.3 is 5.95 Å². The molecule has 1 aromatic heterocycles. The molecule has 0 bridgehead atoms. The summed E-state index contributed by atoms with van der Waals surface area (Å²) in [4.78, 5) is 0. The maximum Gasteiger partial charge on any atom is 0.319 e. The minimum absolute atomic E-state index is 0.469. The van der Waals surface area contributed by atoms with Crippen LogP contribution in [0.25, 0.3) is 11.1 Å². The second kappa shape index (κ2) is 3.77. The smallest absolute Gasteiger partial charge is 0.319 e. The quantitative estimate of drug-likeness (QED) is 0.752. The highest BCUT2D eigenvalue weighted by Crippen LogP contribution is 2.32. The molecular weight excluding hydrogens is 190 g/mol. The van der Waals surface area contributed by atoms with Gasteiger partial charge in [-0.1, -0.05) is 35.0 Å². The molecule has 0 radical (unpaired) electrons. The minimum atomic E-state index is 0.469. The first-order valence-electron chi connectivity index (χ1n) is 4.79. The maximum atomic E-state index is 5.12. The van der Waals surface area contributed by atoms with E-state index < -0.39 is 0 Å². The Labute approximate surface area is 88.7 Å². The Morgan fingerprint density at radius 3 is 2.40 bits per heavy atom. The van der Waals surface area contributed by atoms with Crippen LogP contribution in [0.2, 0.25) is 0 Å². The minimum Gasteiger partial charge on any atom is -0.467 e. The molecule has 0 atom stereocenters. The standard InChI is InChI=1S/C12H13NO2/c1-8-4-6-10(7-5-8)11-9(2)13-15-12(11)14-3/h4-7H,1-3H3. The average Bonchev–Trinajstić information content (AvgIpc) is 2.61. The zero-order valence-corrected chi connectivity index (χ0v) is 9.07. The predicted octanol–water partition coefficient (Wildman–Crippen LogP) is 2.97. The second-order valence-electron chi connectivity index (χ2n) is 3.50. The van der Waals surface area contributed by atoms with Crippen LogP contribution < -0.4 is 4.74 Å². The molecule has 0 saturated heterocycles. The number of nitrogens with zero attached hydrogens (tertiary/aromatic N) is 1. The molecule has 0 amide bonds. The Bertz CT molecular complexity index is 457. The van der Waals surface area contributed by atoms with Crippen LogP contribution in [0.3, 0.4) is 0 Å². The lowest BCUT2D eigenvalue weighted by atomic mass is 10.1. The Hall–Kier alpha value is -1.77. The van der Waals surface area contributed by atoms with Crippen molar-refractivity contribution in [3.05, 3.63) is 35.5 Å². The summed E-state index contributed by atoms with van der Waals surface area (Å²) in [7, 11) is 1.58. The topological polar surface area (TPSA) is 35.3 Å². The number of hydrogen-bond donors (Lipinski definition) is 0. The van der Waals surface area contributed by atoms with Gasteiger partial charge in [0.2, 0.25) is 0 Å². The van der Waals surface area contributed by atoms with Crippen LogP contribution >= 0.6 is 0 Å². The average molecular weight is 203 g/mol. The van der Waals surface area contributed by atoms with Crippen molar-refractivity contribution in [3.63, 3.8) is 0 Å². The van der Waals surface area contributed by atoms with Gasteiger partial charge in [-0.3, -0.25) is 0 Å². The van der Waals surface area contributed by atoms with Crippen molar-refractivity contribution in [1.29, 1.82) is 0 Å². The fourth-order valence-electron chi connectivity index (χ4n) is 1.54. The van der Waals surface area contributed by atoms with Gasteiger partial charge in [-0.05, 0) is 19.4 Å². The summed E-state index contributed by atoms with van der Waals surface area (Å²) in [6, 6.07) is 8.19. The van der Waals surface area contributed by atoms with Crippen molar-refractivity contribution in [1.82, 2.24) is 5.16 Å². The third-order valence-corrected chi connectivity index (χ3v) is 2.36. The largest absolute Gasteiger partial charge is 0.467 e. The van der Waals surface area contributed by atoms with Gasteiger partial charge in [0, 0.05) is 0 Å². The van der Waals surface area contributed by atoms with E-state index in [2.05, 4.69) is 24.2 Å². The van der Waals surface area contributed by atoms with E-state index in [1.807, 2.05) is 19.1 Å². The van der Waals surface area contributed by atoms with Gasteiger partial charge in [-0.15, -0.1) is 0 Å². The lowest BCUT2D eigenvalue weighted by molar-refractivity contribution is 0.261. The summed E-state index contributed by atoms with van der Waals surface area (Å²) in [5, 5.41) is 3.89. The molecule has 0 aliphatic heterocycles. The number of hydrogen-bond acceptors (Lipinski definition) is 3. The van der Waals surface area contributed by atoms with E-state index in [-0.39, 0.29) is 0 Å². The molecule has 2 rings (SSSR count). The van der Waals surface area contributed by atoms with Crippen LogP contribution in [0.5, 0.6) is 5.95 Å². The Morgan fingerprint density at radius 2 is 1.80 bits per heavy atom. The molecule has 0 saturated carbocycles. The molecular formula is C12H13NO2. The van der Waals surface area contributed by atoms with Crippen molar-refractivity contribution in [2.24, 2.45) is 0 Å². The predicted molar refractivity (Wildman–Crippen MR) is 58.0 cm³/mol. The third kappa shape index (κ3) is 1.73. The van der Waals surface area contributed by atoms with E-state index in [4.69, 9.17) is 9.26 Å². The van der Waals surface area contributed by atoms with Gasteiger partial charge in [-0.25, -0.2) is 0 Å². The van der Waals surface area contributed by atoms with Crippen LogP contribution in [-0.2, 0) is 0 Å². The molecule has 78 valence electrons. The van der Waals surface area contributed by atoms with Gasteiger partial charge < -0.3 is 9.26 Å². The molecule has 0 aliphatic rings. The van der Waals surface area contributed by atoms with Crippen LogP contribution in [0.4, 0.5) is 0 Å². The number of ether oxygens (including phenoxy) is 1. The van der Waals surface area contributed by atoms with Crippen molar-refractivity contribution in [2.45, 2.75) is 13.8 Å². The number of benzene rings is 1. The summed E-state index contributed by atoms with van der Waals surface area (Å²) in [5.41, 5.74) is 4.07. The second-order valence-corrected chi connectivity index (χ2v) is 3.50. The zero-order chi connectivity index (χ0) is 10.8. The molecule has 0 spiro atoms.